The molecule has 0 fully saturated rings. The number of anilines is 2. The van der Waals surface area contributed by atoms with Gasteiger partial charge in [0.25, 0.3) is 0 Å². The summed E-state index contributed by atoms with van der Waals surface area (Å²) in [6.07, 6.45) is 0. The van der Waals surface area contributed by atoms with Gasteiger partial charge in [-0.05, 0) is 81.9 Å². The fourth-order valence-corrected chi connectivity index (χ4v) is 4.87. The van der Waals surface area contributed by atoms with Gasteiger partial charge in [-0.3, -0.25) is 0 Å². The molecule has 0 saturated carbocycles. The van der Waals surface area contributed by atoms with E-state index in [1.807, 2.05) is 36.4 Å². The van der Waals surface area contributed by atoms with Gasteiger partial charge in [-0.1, -0.05) is 59.6 Å². The Morgan fingerprint density at radius 1 is 0.517 bits per heavy atom. The van der Waals surface area contributed by atoms with Crippen molar-refractivity contribution in [1.29, 1.82) is 0 Å². The van der Waals surface area contributed by atoms with Gasteiger partial charge in [-0.2, -0.15) is 0 Å². The molecule has 29 heavy (non-hydrogen) atoms. The summed E-state index contributed by atoms with van der Waals surface area (Å²) in [7, 11) is 0. The van der Waals surface area contributed by atoms with E-state index in [9.17, 15) is 0 Å². The van der Waals surface area contributed by atoms with Crippen LogP contribution in [0.3, 0.4) is 0 Å². The number of rotatable bonds is 2. The van der Waals surface area contributed by atoms with Crippen molar-refractivity contribution in [3.63, 3.8) is 0 Å². The Bertz CT molecular complexity index is 1130. The largest absolute Gasteiger partial charge is 0.399 e. The highest BCUT2D eigenvalue weighted by atomic mass is 35.5. The van der Waals surface area contributed by atoms with Gasteiger partial charge in [0.05, 0.1) is 5.41 Å². The Labute approximate surface area is 179 Å². The predicted molar refractivity (Wildman–Crippen MR) is 123 cm³/mol. The summed E-state index contributed by atoms with van der Waals surface area (Å²) in [5, 5.41) is 1.39. The second-order valence-electron chi connectivity index (χ2n) is 7.37. The van der Waals surface area contributed by atoms with E-state index < -0.39 is 5.41 Å². The van der Waals surface area contributed by atoms with Crippen LogP contribution in [-0.2, 0) is 5.41 Å². The van der Waals surface area contributed by atoms with Crippen molar-refractivity contribution in [2.45, 2.75) is 5.41 Å². The van der Waals surface area contributed by atoms with Crippen molar-refractivity contribution in [3.8, 4) is 11.1 Å². The molecule has 1 aliphatic rings. The van der Waals surface area contributed by atoms with Crippen molar-refractivity contribution in [3.05, 3.63) is 117 Å². The zero-order chi connectivity index (χ0) is 20.2. The fraction of sp³-hybridized carbons (Fsp3) is 0.0400. The average molecular weight is 417 g/mol. The van der Waals surface area contributed by atoms with Gasteiger partial charge < -0.3 is 11.5 Å². The normalized spacial score (nSPS) is 13.7. The monoisotopic (exact) mass is 416 g/mol. The molecule has 0 aliphatic heterocycles. The van der Waals surface area contributed by atoms with E-state index in [1.54, 1.807) is 0 Å². The first kappa shape index (κ1) is 18.1. The van der Waals surface area contributed by atoms with Crippen LogP contribution >= 0.6 is 23.2 Å². The minimum absolute atomic E-state index is 0.568. The average Bonchev–Trinajstić information content (AvgIpc) is 2.99. The Kier molecular flexibility index (Phi) is 4.09. The van der Waals surface area contributed by atoms with Gasteiger partial charge in [-0.15, -0.1) is 0 Å². The molecule has 4 aromatic rings. The second-order valence-corrected chi connectivity index (χ2v) is 8.25. The van der Waals surface area contributed by atoms with E-state index in [2.05, 4.69) is 48.5 Å². The molecule has 0 saturated heterocycles. The molecule has 0 amide bonds. The molecule has 4 aromatic carbocycles. The molecule has 1 aliphatic carbocycles. The van der Waals surface area contributed by atoms with Gasteiger partial charge in [-0.25, -0.2) is 0 Å². The maximum Gasteiger partial charge on any atom is 0.0714 e. The standard InChI is InChI=1S/C25H18Cl2N2/c26-17-5-11-21-22-12-6-18(27)14-24(22)25(23(21)13-17,15-1-7-19(28)8-2-15)16-3-9-20(29)10-4-16/h1-14H,28-29H2. The minimum Gasteiger partial charge on any atom is -0.399 e. The second kappa shape index (κ2) is 6.55. The third-order valence-electron chi connectivity index (χ3n) is 5.75. The van der Waals surface area contributed by atoms with Crippen molar-refractivity contribution < 1.29 is 0 Å². The Morgan fingerprint density at radius 2 is 0.897 bits per heavy atom. The molecule has 4 N–H and O–H groups in total. The Morgan fingerprint density at radius 3 is 1.28 bits per heavy atom. The molecule has 0 heterocycles. The molecule has 0 unspecified atom stereocenters. The van der Waals surface area contributed by atoms with E-state index in [0.717, 1.165) is 44.8 Å². The molecule has 5 rings (SSSR count). The summed E-state index contributed by atoms with van der Waals surface area (Å²) in [4.78, 5) is 0. The van der Waals surface area contributed by atoms with Gasteiger partial charge >= 0.3 is 0 Å². The van der Waals surface area contributed by atoms with Gasteiger partial charge in [0.15, 0.2) is 0 Å². The third-order valence-corrected chi connectivity index (χ3v) is 6.22. The van der Waals surface area contributed by atoms with E-state index in [4.69, 9.17) is 34.7 Å². The highest BCUT2D eigenvalue weighted by molar-refractivity contribution is 6.31. The van der Waals surface area contributed by atoms with E-state index in [-0.39, 0.29) is 0 Å². The minimum atomic E-state index is -0.568. The summed E-state index contributed by atoms with van der Waals surface area (Å²) in [5.74, 6) is 0. The fourth-order valence-electron chi connectivity index (χ4n) is 4.52. The topological polar surface area (TPSA) is 52.0 Å². The molecule has 0 radical (unpaired) electrons. The van der Waals surface area contributed by atoms with Crippen LogP contribution < -0.4 is 11.5 Å². The summed E-state index contributed by atoms with van der Waals surface area (Å²) in [6, 6.07) is 28.2. The molecule has 4 heteroatoms. The number of nitrogen functional groups attached to an aromatic ring is 2. The first-order valence-corrected chi connectivity index (χ1v) is 10.1. The zero-order valence-electron chi connectivity index (χ0n) is 15.5. The third kappa shape index (κ3) is 2.64. The first-order valence-electron chi connectivity index (χ1n) is 9.32. The highest BCUT2D eigenvalue weighted by Gasteiger charge is 2.46. The lowest BCUT2D eigenvalue weighted by Crippen LogP contribution is -2.28. The quantitative estimate of drug-likeness (QED) is 0.321. The number of hydrogen-bond donors (Lipinski definition) is 2. The van der Waals surface area contributed by atoms with E-state index in [0.29, 0.717) is 10.0 Å². The Balaban J connectivity index is 1.97. The van der Waals surface area contributed by atoms with Crippen molar-refractivity contribution in [1.82, 2.24) is 0 Å². The molecular formula is C25H18Cl2N2. The SMILES string of the molecule is Nc1ccc(C2(c3ccc(N)cc3)c3cc(Cl)ccc3-c3ccc(Cl)cc32)cc1. The van der Waals surface area contributed by atoms with Crippen molar-refractivity contribution >= 4 is 34.6 Å². The van der Waals surface area contributed by atoms with Crippen LogP contribution in [-0.4, -0.2) is 0 Å². The molecule has 0 atom stereocenters. The van der Waals surface area contributed by atoms with Crippen LogP contribution in [0.1, 0.15) is 22.3 Å². The number of nitrogens with two attached hydrogens (primary N) is 2. The van der Waals surface area contributed by atoms with Crippen LogP contribution in [0.2, 0.25) is 10.0 Å². The lowest BCUT2D eigenvalue weighted by atomic mass is 9.67. The molecular weight excluding hydrogens is 399 g/mol. The van der Waals surface area contributed by atoms with Crippen LogP contribution in [0, 0.1) is 0 Å². The van der Waals surface area contributed by atoms with Crippen LogP contribution in [0.5, 0.6) is 0 Å². The lowest BCUT2D eigenvalue weighted by molar-refractivity contribution is 0.769. The number of halogens is 2. The first-order chi connectivity index (χ1) is 14.0. The van der Waals surface area contributed by atoms with Crippen molar-refractivity contribution in [2.24, 2.45) is 0 Å². The molecule has 142 valence electrons. The predicted octanol–water partition coefficient (Wildman–Crippen LogP) is 6.52. The lowest BCUT2D eigenvalue weighted by Gasteiger charge is -2.34. The van der Waals surface area contributed by atoms with Gasteiger partial charge in [0.1, 0.15) is 0 Å². The molecule has 0 spiro atoms. The smallest absolute Gasteiger partial charge is 0.0714 e. The summed E-state index contributed by atoms with van der Waals surface area (Å²) < 4.78 is 0. The van der Waals surface area contributed by atoms with E-state index >= 15 is 0 Å². The van der Waals surface area contributed by atoms with Crippen LogP contribution in [0.15, 0.2) is 84.9 Å². The summed E-state index contributed by atoms with van der Waals surface area (Å²) in [5.41, 5.74) is 19.6. The molecule has 0 aromatic heterocycles. The van der Waals surface area contributed by atoms with Crippen molar-refractivity contribution in [2.75, 3.05) is 11.5 Å². The van der Waals surface area contributed by atoms with Crippen LogP contribution in [0.25, 0.3) is 11.1 Å². The zero-order valence-corrected chi connectivity index (χ0v) is 17.0. The van der Waals surface area contributed by atoms with Crippen LogP contribution in [0.4, 0.5) is 11.4 Å². The van der Waals surface area contributed by atoms with E-state index in [1.165, 1.54) is 0 Å². The maximum absolute atomic E-state index is 6.48. The number of benzene rings is 4. The maximum atomic E-state index is 6.48. The molecule has 2 nitrogen and oxygen atoms in total. The van der Waals surface area contributed by atoms with Gasteiger partial charge in [0.2, 0.25) is 0 Å². The highest BCUT2D eigenvalue weighted by Crippen LogP contribution is 2.57. The van der Waals surface area contributed by atoms with Gasteiger partial charge in [0, 0.05) is 21.4 Å². The number of fused-ring (bicyclic) bond motifs is 3. The summed E-state index contributed by atoms with van der Waals surface area (Å²) >= 11 is 13.0. The summed E-state index contributed by atoms with van der Waals surface area (Å²) in [6.45, 7) is 0. The molecule has 0 bridgehead atoms. The Hall–Kier alpha value is -2.94. The number of hydrogen-bond acceptors (Lipinski definition) is 2.